The van der Waals surface area contributed by atoms with E-state index < -0.39 is 0 Å². The smallest absolute Gasteiger partial charge is 0.238 e. The molecule has 1 aromatic heterocycles. The fourth-order valence-corrected chi connectivity index (χ4v) is 3.05. The summed E-state index contributed by atoms with van der Waals surface area (Å²) in [7, 11) is 1.91. The number of ether oxygens (including phenoxy) is 1. The summed E-state index contributed by atoms with van der Waals surface area (Å²) in [6.07, 6.45) is 0. The van der Waals surface area contributed by atoms with Crippen LogP contribution in [0.5, 0.6) is 0 Å². The van der Waals surface area contributed by atoms with Crippen LogP contribution in [0.25, 0.3) is 0 Å². The van der Waals surface area contributed by atoms with E-state index in [4.69, 9.17) is 9.15 Å². The highest BCUT2D eigenvalue weighted by Gasteiger charge is 2.12. The van der Waals surface area contributed by atoms with Gasteiger partial charge in [-0.25, -0.2) is 0 Å². The Bertz CT molecular complexity index is 705. The lowest BCUT2D eigenvalue weighted by Crippen LogP contribution is -2.35. The zero-order valence-electron chi connectivity index (χ0n) is 15.5. The lowest BCUT2D eigenvalue weighted by atomic mass is 10.2. The van der Waals surface area contributed by atoms with Gasteiger partial charge in [0.05, 0.1) is 26.3 Å². The van der Waals surface area contributed by atoms with Crippen LogP contribution in [0.4, 0.5) is 5.69 Å². The molecule has 0 saturated carbocycles. The van der Waals surface area contributed by atoms with E-state index in [1.165, 1.54) is 5.56 Å². The van der Waals surface area contributed by atoms with Gasteiger partial charge < -0.3 is 14.5 Å². The second-order valence-corrected chi connectivity index (χ2v) is 6.82. The Kier molecular flexibility index (Phi) is 6.44. The summed E-state index contributed by atoms with van der Waals surface area (Å²) in [6, 6.07) is 11.9. The third kappa shape index (κ3) is 5.69. The third-order valence-electron chi connectivity index (χ3n) is 4.38. The number of benzene rings is 1. The number of morpholine rings is 1. The van der Waals surface area contributed by atoms with Crippen LogP contribution in [-0.4, -0.2) is 55.6 Å². The predicted molar refractivity (Wildman–Crippen MR) is 101 cm³/mol. The normalized spacial score (nSPS) is 15.3. The molecule has 0 aliphatic carbocycles. The number of nitrogens with one attached hydrogen (secondary N) is 1. The van der Waals surface area contributed by atoms with Crippen LogP contribution in [-0.2, 0) is 22.6 Å². The monoisotopic (exact) mass is 357 g/mol. The van der Waals surface area contributed by atoms with E-state index in [1.807, 2.05) is 43.1 Å². The zero-order valence-corrected chi connectivity index (χ0v) is 15.5. The van der Waals surface area contributed by atoms with Crippen LogP contribution in [0.15, 0.2) is 40.8 Å². The first-order chi connectivity index (χ1) is 12.6. The second-order valence-electron chi connectivity index (χ2n) is 6.82. The maximum Gasteiger partial charge on any atom is 0.238 e. The van der Waals surface area contributed by atoms with Crippen LogP contribution in [0.3, 0.4) is 0 Å². The maximum atomic E-state index is 12.2. The number of aryl methyl sites for hydroxylation is 1. The van der Waals surface area contributed by atoms with E-state index in [1.54, 1.807) is 0 Å². The molecule has 1 saturated heterocycles. The Morgan fingerprint density at radius 1 is 1.15 bits per heavy atom. The average molecular weight is 357 g/mol. The first-order valence-electron chi connectivity index (χ1n) is 9.01. The summed E-state index contributed by atoms with van der Waals surface area (Å²) >= 11 is 0. The number of amides is 1. The number of hydrogen-bond donors (Lipinski definition) is 1. The van der Waals surface area contributed by atoms with Crippen molar-refractivity contribution in [1.29, 1.82) is 0 Å². The molecule has 2 aromatic rings. The third-order valence-corrected chi connectivity index (χ3v) is 4.38. The lowest BCUT2D eigenvalue weighted by molar-refractivity contribution is -0.117. The summed E-state index contributed by atoms with van der Waals surface area (Å²) in [4.78, 5) is 16.5. The number of carbonyl (C=O) groups excluding carboxylic acids is 1. The Hall–Kier alpha value is -2.15. The van der Waals surface area contributed by atoms with Gasteiger partial charge in [-0.15, -0.1) is 0 Å². The van der Waals surface area contributed by atoms with Crippen LogP contribution < -0.4 is 5.32 Å². The average Bonchev–Trinajstić information content (AvgIpc) is 3.02. The molecule has 6 nitrogen and oxygen atoms in total. The minimum absolute atomic E-state index is 0.0308. The van der Waals surface area contributed by atoms with E-state index >= 15 is 0 Å². The van der Waals surface area contributed by atoms with Crippen molar-refractivity contribution >= 4 is 11.6 Å². The summed E-state index contributed by atoms with van der Waals surface area (Å²) in [6.45, 7) is 7.31. The van der Waals surface area contributed by atoms with Crippen LogP contribution in [0, 0.1) is 6.92 Å². The molecule has 140 valence electrons. The summed E-state index contributed by atoms with van der Waals surface area (Å²) in [5.74, 6) is 1.72. The van der Waals surface area contributed by atoms with Crippen molar-refractivity contribution in [2.45, 2.75) is 20.0 Å². The zero-order chi connectivity index (χ0) is 18.4. The number of anilines is 1. The Labute approximate surface area is 154 Å². The molecule has 1 aliphatic rings. The second kappa shape index (κ2) is 8.98. The molecule has 1 N–H and O–H groups in total. The standard InChI is InChI=1S/C20H27N3O3/c1-16-3-8-19(26-16)14-22(2)15-20(24)21-18-6-4-17(5-7-18)13-23-9-11-25-12-10-23/h3-8H,9-15H2,1-2H3,(H,21,24). The van der Waals surface area contributed by atoms with E-state index in [2.05, 4.69) is 22.3 Å². The fraction of sp³-hybridized carbons (Fsp3) is 0.450. The highest BCUT2D eigenvalue weighted by molar-refractivity contribution is 5.92. The fourth-order valence-electron chi connectivity index (χ4n) is 3.05. The number of hydrogen-bond acceptors (Lipinski definition) is 5. The van der Waals surface area contributed by atoms with Crippen molar-refractivity contribution in [3.8, 4) is 0 Å². The van der Waals surface area contributed by atoms with Crippen molar-refractivity contribution in [3.05, 3.63) is 53.5 Å². The quantitative estimate of drug-likeness (QED) is 0.825. The number of rotatable bonds is 7. The van der Waals surface area contributed by atoms with Gasteiger partial charge in [-0.2, -0.15) is 0 Å². The largest absolute Gasteiger partial charge is 0.465 e. The lowest BCUT2D eigenvalue weighted by Gasteiger charge is -2.26. The van der Waals surface area contributed by atoms with Gasteiger partial charge in [0.15, 0.2) is 0 Å². The molecule has 0 unspecified atom stereocenters. The summed E-state index contributed by atoms with van der Waals surface area (Å²) in [5.41, 5.74) is 2.07. The molecule has 26 heavy (non-hydrogen) atoms. The molecule has 3 rings (SSSR count). The summed E-state index contributed by atoms with van der Waals surface area (Å²) in [5, 5.41) is 2.95. The number of likely N-dealkylation sites (N-methyl/N-ethyl adjacent to an activating group) is 1. The van der Waals surface area contributed by atoms with Gasteiger partial charge >= 0.3 is 0 Å². The highest BCUT2D eigenvalue weighted by Crippen LogP contribution is 2.13. The summed E-state index contributed by atoms with van der Waals surface area (Å²) < 4.78 is 10.9. The molecule has 1 aromatic carbocycles. The minimum Gasteiger partial charge on any atom is -0.465 e. The van der Waals surface area contributed by atoms with Gasteiger partial charge in [0.25, 0.3) is 0 Å². The van der Waals surface area contributed by atoms with Crippen LogP contribution in [0.1, 0.15) is 17.1 Å². The molecular weight excluding hydrogens is 330 g/mol. The predicted octanol–water partition coefficient (Wildman–Crippen LogP) is 2.49. The van der Waals surface area contributed by atoms with E-state index in [-0.39, 0.29) is 5.91 Å². The Morgan fingerprint density at radius 3 is 2.54 bits per heavy atom. The van der Waals surface area contributed by atoms with Crippen LogP contribution in [0.2, 0.25) is 0 Å². The van der Waals surface area contributed by atoms with E-state index in [0.717, 1.165) is 50.1 Å². The van der Waals surface area contributed by atoms with Gasteiger partial charge in [-0.05, 0) is 43.8 Å². The van der Waals surface area contributed by atoms with Crippen molar-refractivity contribution in [1.82, 2.24) is 9.80 Å². The highest BCUT2D eigenvalue weighted by atomic mass is 16.5. The van der Waals surface area contributed by atoms with Crippen LogP contribution >= 0.6 is 0 Å². The number of carbonyl (C=O) groups is 1. The Morgan fingerprint density at radius 2 is 1.88 bits per heavy atom. The minimum atomic E-state index is -0.0308. The molecule has 0 bridgehead atoms. The topological polar surface area (TPSA) is 58.0 Å². The van der Waals surface area contributed by atoms with Crippen molar-refractivity contribution in [2.75, 3.05) is 45.2 Å². The van der Waals surface area contributed by atoms with E-state index in [9.17, 15) is 4.79 Å². The number of furan rings is 1. The molecule has 1 amide bonds. The molecule has 0 radical (unpaired) electrons. The molecule has 6 heteroatoms. The maximum absolute atomic E-state index is 12.2. The van der Waals surface area contributed by atoms with Gasteiger partial charge in [-0.3, -0.25) is 14.6 Å². The van der Waals surface area contributed by atoms with Crippen molar-refractivity contribution in [2.24, 2.45) is 0 Å². The van der Waals surface area contributed by atoms with E-state index in [0.29, 0.717) is 13.1 Å². The number of nitrogens with zero attached hydrogens (tertiary/aromatic N) is 2. The van der Waals surface area contributed by atoms with Crippen molar-refractivity contribution in [3.63, 3.8) is 0 Å². The van der Waals surface area contributed by atoms with Crippen molar-refractivity contribution < 1.29 is 13.9 Å². The first kappa shape index (κ1) is 18.6. The molecule has 0 atom stereocenters. The van der Waals surface area contributed by atoms with Gasteiger partial charge in [0.1, 0.15) is 11.5 Å². The molecule has 2 heterocycles. The molecule has 0 spiro atoms. The van der Waals surface area contributed by atoms with Gasteiger partial charge in [0.2, 0.25) is 5.91 Å². The Balaban J connectivity index is 1.44. The molecule has 1 aliphatic heterocycles. The first-order valence-corrected chi connectivity index (χ1v) is 9.01. The SMILES string of the molecule is Cc1ccc(CN(C)CC(=O)Nc2ccc(CN3CCOCC3)cc2)o1. The molecular formula is C20H27N3O3. The van der Waals surface area contributed by atoms with Gasteiger partial charge in [-0.1, -0.05) is 12.1 Å². The van der Waals surface area contributed by atoms with Gasteiger partial charge in [0, 0.05) is 25.3 Å². The molecule has 1 fully saturated rings.